The molecule has 0 amide bonds. The van der Waals surface area contributed by atoms with Crippen LogP contribution in [-0.2, 0) is 9.59 Å². The zero-order chi connectivity index (χ0) is 12.9. The Morgan fingerprint density at radius 1 is 1.06 bits per heavy atom. The molecule has 7 nitrogen and oxygen atoms in total. The van der Waals surface area contributed by atoms with Crippen LogP contribution in [0.2, 0.25) is 0 Å². The quantitative estimate of drug-likeness (QED) is 0.239. The van der Waals surface area contributed by atoms with E-state index < -0.39 is 48.5 Å². The summed E-state index contributed by atoms with van der Waals surface area (Å²) < 4.78 is 0. The lowest BCUT2D eigenvalue weighted by atomic mass is 9.99. The Hall–Kier alpha value is -0.570. The molecule has 0 rings (SSSR count). The molecule has 94 valence electrons. The van der Waals surface area contributed by atoms with Gasteiger partial charge in [-0.3, -0.25) is 9.59 Å². The van der Waals surface area contributed by atoms with Crippen molar-refractivity contribution in [2.24, 2.45) is 0 Å². The minimum atomic E-state index is -2.19. The van der Waals surface area contributed by atoms with Gasteiger partial charge in [0.1, 0.15) is 24.4 Å². The van der Waals surface area contributed by atoms with Crippen molar-refractivity contribution >= 4 is 23.2 Å². The van der Waals surface area contributed by atoms with Crippen molar-refractivity contribution < 1.29 is 35.1 Å². The maximum absolute atomic E-state index is 11.0. The second kappa shape index (κ2) is 6.89. The third-order valence-electron chi connectivity index (χ3n) is 1.92. The fourth-order valence-corrected chi connectivity index (χ4v) is 1.04. The minimum Gasteiger partial charge on any atom is -0.394 e. The molecule has 16 heavy (non-hydrogen) atoms. The van der Waals surface area contributed by atoms with Crippen LogP contribution >= 0.6 is 11.6 Å². The van der Waals surface area contributed by atoms with Gasteiger partial charge in [0.25, 0.3) is 0 Å². The van der Waals surface area contributed by atoms with Crippen LogP contribution in [-0.4, -0.2) is 74.0 Å². The van der Waals surface area contributed by atoms with E-state index in [0.717, 1.165) is 0 Å². The predicted octanol–water partition coefficient (Wildman–Crippen LogP) is -3.20. The number of Topliss-reactive ketones (excluding diaryl/α,β-unsaturated/α-hetero) is 2. The number of carbonyl (C=O) groups excluding carboxylic acids is 2. The van der Waals surface area contributed by atoms with Gasteiger partial charge in [0.15, 0.2) is 0 Å². The molecule has 0 fully saturated rings. The minimum absolute atomic E-state index is 0.665. The van der Waals surface area contributed by atoms with Gasteiger partial charge in [0.2, 0.25) is 11.6 Å². The lowest BCUT2D eigenvalue weighted by Gasteiger charge is -2.24. The van der Waals surface area contributed by atoms with E-state index in [1.54, 1.807) is 0 Å². The molecule has 0 aromatic carbocycles. The summed E-state index contributed by atoms with van der Waals surface area (Å²) in [5, 5.41) is 44.9. The Morgan fingerprint density at radius 3 is 1.94 bits per heavy atom. The summed E-state index contributed by atoms with van der Waals surface area (Å²) in [6.07, 6.45) is -7.96. The highest BCUT2D eigenvalue weighted by molar-refractivity contribution is 6.48. The number of aliphatic hydroxyl groups excluding tert-OH is 5. The first-order chi connectivity index (χ1) is 7.36. The number of ketones is 2. The fraction of sp³-hybridized carbons (Fsp3) is 0.750. The Balaban J connectivity index is 4.54. The second-order valence-corrected chi connectivity index (χ2v) is 3.36. The highest BCUT2D eigenvalue weighted by Crippen LogP contribution is 2.06. The smallest absolute Gasteiger partial charge is 0.230 e. The first-order valence-electron chi connectivity index (χ1n) is 4.33. The highest BCUT2D eigenvalue weighted by Gasteiger charge is 2.36. The first kappa shape index (κ1) is 15.4. The van der Waals surface area contributed by atoms with Crippen molar-refractivity contribution in [3.8, 4) is 0 Å². The van der Waals surface area contributed by atoms with E-state index in [0.29, 0.717) is 0 Å². The molecule has 0 unspecified atom stereocenters. The average Bonchev–Trinajstić information content (AvgIpc) is 2.32. The lowest BCUT2D eigenvalue weighted by Crippen LogP contribution is -2.50. The summed E-state index contributed by atoms with van der Waals surface area (Å²) in [7, 11) is 0. The molecule has 0 bridgehead atoms. The molecular formula is C8H13ClO7. The van der Waals surface area contributed by atoms with Crippen LogP contribution < -0.4 is 0 Å². The van der Waals surface area contributed by atoms with Gasteiger partial charge in [-0.15, -0.1) is 11.6 Å². The predicted molar refractivity (Wildman–Crippen MR) is 51.8 cm³/mol. The monoisotopic (exact) mass is 256 g/mol. The van der Waals surface area contributed by atoms with E-state index >= 15 is 0 Å². The zero-order valence-corrected chi connectivity index (χ0v) is 8.91. The Morgan fingerprint density at radius 2 is 1.56 bits per heavy atom. The Bertz CT molecular complexity index is 257. The molecule has 0 heterocycles. The zero-order valence-electron chi connectivity index (χ0n) is 8.15. The first-order valence-corrected chi connectivity index (χ1v) is 4.86. The molecule has 0 aromatic rings. The summed E-state index contributed by atoms with van der Waals surface area (Å²) >= 11 is 5.05. The van der Waals surface area contributed by atoms with Crippen LogP contribution in [0.15, 0.2) is 0 Å². The Kier molecular flexibility index (Phi) is 6.65. The highest BCUT2D eigenvalue weighted by atomic mass is 35.5. The van der Waals surface area contributed by atoms with Crippen LogP contribution in [0.1, 0.15) is 0 Å². The van der Waals surface area contributed by atoms with Crippen molar-refractivity contribution in [3.05, 3.63) is 0 Å². The van der Waals surface area contributed by atoms with Gasteiger partial charge in [0.05, 0.1) is 12.5 Å². The summed E-state index contributed by atoms with van der Waals surface area (Å²) in [6, 6.07) is 0. The van der Waals surface area contributed by atoms with Gasteiger partial charge in [-0.1, -0.05) is 0 Å². The van der Waals surface area contributed by atoms with Crippen LogP contribution in [0.25, 0.3) is 0 Å². The topological polar surface area (TPSA) is 135 Å². The number of carbonyl (C=O) groups is 2. The van der Waals surface area contributed by atoms with Crippen molar-refractivity contribution in [2.75, 3.05) is 12.5 Å². The molecule has 0 aliphatic heterocycles. The van der Waals surface area contributed by atoms with Crippen LogP contribution in [0, 0.1) is 0 Å². The number of hydrogen-bond donors (Lipinski definition) is 5. The number of rotatable bonds is 7. The maximum atomic E-state index is 11.0. The molecule has 8 heteroatoms. The molecule has 0 aliphatic rings. The standard InChI is InChI=1S/C8H13ClO7/c9-1-3(11)5(13)7(15)8(16)6(14)4(12)2-10/h4,6-8,10,12,14-16H,1-2H2/t4-,6-,7+,8+/m1/s1. The third-order valence-corrected chi connectivity index (χ3v) is 2.16. The fourth-order valence-electron chi connectivity index (χ4n) is 0.908. The van der Waals surface area contributed by atoms with Gasteiger partial charge in [-0.05, 0) is 0 Å². The van der Waals surface area contributed by atoms with E-state index in [1.807, 2.05) is 0 Å². The van der Waals surface area contributed by atoms with E-state index in [2.05, 4.69) is 0 Å². The van der Waals surface area contributed by atoms with Gasteiger partial charge < -0.3 is 25.5 Å². The normalized spacial score (nSPS) is 18.6. The summed E-state index contributed by atoms with van der Waals surface area (Å²) in [5.41, 5.74) is 0. The van der Waals surface area contributed by atoms with E-state index in [9.17, 15) is 19.8 Å². The average molecular weight is 257 g/mol. The maximum Gasteiger partial charge on any atom is 0.230 e. The van der Waals surface area contributed by atoms with Gasteiger partial charge in [-0.2, -0.15) is 0 Å². The molecule has 0 saturated heterocycles. The second-order valence-electron chi connectivity index (χ2n) is 3.10. The van der Waals surface area contributed by atoms with E-state index in [1.165, 1.54) is 0 Å². The SMILES string of the molecule is O=C(CCl)C(=O)[C@H](O)[C@@H](O)[C@H](O)[C@H](O)CO. The van der Waals surface area contributed by atoms with Crippen LogP contribution in [0.5, 0.6) is 0 Å². The van der Waals surface area contributed by atoms with E-state index in [4.69, 9.17) is 26.9 Å². The molecule has 0 aromatic heterocycles. The molecule has 0 spiro atoms. The number of halogens is 1. The largest absolute Gasteiger partial charge is 0.394 e. The third kappa shape index (κ3) is 3.78. The lowest BCUT2D eigenvalue weighted by molar-refractivity contribution is -0.153. The van der Waals surface area contributed by atoms with Crippen molar-refractivity contribution in [1.82, 2.24) is 0 Å². The number of aliphatic hydroxyl groups is 5. The van der Waals surface area contributed by atoms with Crippen LogP contribution in [0.4, 0.5) is 0 Å². The van der Waals surface area contributed by atoms with Gasteiger partial charge >= 0.3 is 0 Å². The summed E-state index contributed by atoms with van der Waals surface area (Å²) in [5.74, 6) is -3.16. The molecule has 4 atom stereocenters. The molecule has 0 aliphatic carbocycles. The number of alkyl halides is 1. The molecular weight excluding hydrogens is 244 g/mol. The molecule has 5 N–H and O–H groups in total. The van der Waals surface area contributed by atoms with Crippen molar-refractivity contribution in [2.45, 2.75) is 24.4 Å². The Labute approximate surface area is 95.9 Å². The summed E-state index contributed by atoms with van der Waals surface area (Å²) in [4.78, 5) is 21.8. The van der Waals surface area contributed by atoms with Gasteiger partial charge in [0, 0.05) is 0 Å². The van der Waals surface area contributed by atoms with Crippen molar-refractivity contribution in [3.63, 3.8) is 0 Å². The van der Waals surface area contributed by atoms with Gasteiger partial charge in [-0.25, -0.2) is 0 Å². The van der Waals surface area contributed by atoms with Crippen molar-refractivity contribution in [1.29, 1.82) is 0 Å². The molecule has 0 saturated carbocycles. The van der Waals surface area contributed by atoms with E-state index in [-0.39, 0.29) is 0 Å². The van der Waals surface area contributed by atoms with Crippen LogP contribution in [0.3, 0.4) is 0 Å². The molecule has 0 radical (unpaired) electrons. The number of hydrogen-bond acceptors (Lipinski definition) is 7. The summed E-state index contributed by atoms with van der Waals surface area (Å²) in [6.45, 7) is -0.872.